The highest BCUT2D eigenvalue weighted by molar-refractivity contribution is 5.89. The molecule has 0 atom stereocenters. The van der Waals surface area contributed by atoms with E-state index in [1.165, 1.54) is 12.1 Å². The molecule has 4 nitrogen and oxygen atoms in total. The average Bonchev–Trinajstić information content (AvgIpc) is 3.16. The molecule has 0 saturated carbocycles. The van der Waals surface area contributed by atoms with Crippen LogP contribution in [0.1, 0.15) is 11.1 Å². The monoisotopic (exact) mass is 674 g/mol. The first-order valence-corrected chi connectivity index (χ1v) is 16.6. The second-order valence-electron chi connectivity index (χ2n) is 12.5. The van der Waals surface area contributed by atoms with E-state index in [1.807, 2.05) is 153 Å². The van der Waals surface area contributed by atoms with Gasteiger partial charge in [-0.05, 0) is 120 Å². The van der Waals surface area contributed by atoms with Crippen LogP contribution in [0.5, 0.6) is 23.0 Å². The van der Waals surface area contributed by atoms with E-state index in [0.717, 1.165) is 62.7 Å². The first-order chi connectivity index (χ1) is 24.8. The SMILES string of the molecule is Cc1c(-c2ccc(N3c4ccccc4Oc4ccccc43)cc2)cc(C(F)(F)F)cc1-c1ccc(N2c3ccccc3Oc3ccccc32)cc1. The molecule has 0 aliphatic carbocycles. The second-order valence-corrected chi connectivity index (χ2v) is 12.5. The van der Waals surface area contributed by atoms with Crippen molar-refractivity contribution in [1.29, 1.82) is 0 Å². The molecular weight excluding hydrogens is 645 g/mol. The fourth-order valence-corrected chi connectivity index (χ4v) is 7.02. The Hall–Kier alpha value is -6.47. The molecule has 0 unspecified atom stereocenters. The lowest BCUT2D eigenvalue weighted by atomic mass is 9.90. The van der Waals surface area contributed by atoms with Crippen molar-refractivity contribution in [3.8, 4) is 45.3 Å². The number of ether oxygens (including phenoxy) is 2. The molecule has 248 valence electrons. The number of hydrogen-bond donors (Lipinski definition) is 0. The fraction of sp³-hybridized carbons (Fsp3) is 0.0455. The molecule has 0 saturated heterocycles. The van der Waals surface area contributed by atoms with Gasteiger partial charge in [0.15, 0.2) is 23.0 Å². The number of fused-ring (bicyclic) bond motifs is 4. The van der Waals surface area contributed by atoms with Crippen LogP contribution in [0.4, 0.5) is 47.3 Å². The third-order valence-corrected chi connectivity index (χ3v) is 9.47. The van der Waals surface area contributed by atoms with E-state index in [1.54, 1.807) is 0 Å². The van der Waals surface area contributed by atoms with Crippen LogP contribution >= 0.6 is 0 Å². The van der Waals surface area contributed by atoms with E-state index in [9.17, 15) is 13.2 Å². The van der Waals surface area contributed by atoms with Crippen LogP contribution in [-0.2, 0) is 6.18 Å². The standard InChI is InChI=1S/C44H29F3N2O2/c1-28-34(29-18-22-32(23-19-29)48-36-10-2-6-14-40(36)50-41-15-7-3-11-37(41)48)26-31(44(45,46)47)27-35(28)30-20-24-33(25-21-30)49-38-12-4-8-16-42(38)51-43-17-9-5-13-39(43)49/h2-27H,1H3. The summed E-state index contributed by atoms with van der Waals surface area (Å²) in [6.45, 7) is 1.88. The Kier molecular flexibility index (Phi) is 7.10. The van der Waals surface area contributed by atoms with Gasteiger partial charge in [-0.3, -0.25) is 0 Å². The van der Waals surface area contributed by atoms with Gasteiger partial charge in [-0.15, -0.1) is 0 Å². The predicted molar refractivity (Wildman–Crippen MR) is 197 cm³/mol. The summed E-state index contributed by atoms with van der Waals surface area (Å²) < 4.78 is 55.7. The van der Waals surface area contributed by atoms with Crippen molar-refractivity contribution in [2.24, 2.45) is 0 Å². The molecule has 7 aromatic rings. The number of anilines is 6. The number of para-hydroxylation sites is 8. The molecule has 0 N–H and O–H groups in total. The van der Waals surface area contributed by atoms with Crippen LogP contribution in [-0.4, -0.2) is 0 Å². The lowest BCUT2D eigenvalue weighted by molar-refractivity contribution is -0.137. The molecule has 7 heteroatoms. The van der Waals surface area contributed by atoms with Gasteiger partial charge in [-0.1, -0.05) is 72.8 Å². The molecule has 9 rings (SSSR count). The van der Waals surface area contributed by atoms with E-state index in [2.05, 4.69) is 9.80 Å². The molecule has 7 aromatic carbocycles. The van der Waals surface area contributed by atoms with E-state index in [4.69, 9.17) is 9.47 Å². The van der Waals surface area contributed by atoms with Crippen LogP contribution in [0.25, 0.3) is 22.3 Å². The van der Waals surface area contributed by atoms with Gasteiger partial charge in [-0.2, -0.15) is 13.2 Å². The Balaban J connectivity index is 1.10. The minimum absolute atomic E-state index is 0.522. The molecular formula is C44H29F3N2O2. The van der Waals surface area contributed by atoms with Crippen molar-refractivity contribution >= 4 is 34.1 Å². The second kappa shape index (κ2) is 11.8. The van der Waals surface area contributed by atoms with Crippen molar-refractivity contribution in [1.82, 2.24) is 0 Å². The average molecular weight is 675 g/mol. The minimum atomic E-state index is -4.53. The van der Waals surface area contributed by atoms with Gasteiger partial charge in [0.25, 0.3) is 0 Å². The van der Waals surface area contributed by atoms with Gasteiger partial charge < -0.3 is 19.3 Å². The zero-order chi connectivity index (χ0) is 34.7. The summed E-state index contributed by atoms with van der Waals surface area (Å²) >= 11 is 0. The van der Waals surface area contributed by atoms with Crippen molar-refractivity contribution < 1.29 is 22.6 Å². The zero-order valence-electron chi connectivity index (χ0n) is 27.4. The van der Waals surface area contributed by atoms with Gasteiger partial charge >= 0.3 is 6.18 Å². The summed E-state index contributed by atoms with van der Waals surface area (Å²) in [5.74, 6) is 2.91. The molecule has 2 heterocycles. The van der Waals surface area contributed by atoms with E-state index < -0.39 is 11.7 Å². The Morgan fingerprint density at radius 1 is 0.431 bits per heavy atom. The highest BCUT2D eigenvalue weighted by Crippen LogP contribution is 2.52. The maximum absolute atomic E-state index is 14.5. The Labute approximate surface area is 293 Å². The first-order valence-electron chi connectivity index (χ1n) is 16.6. The number of hydrogen-bond acceptors (Lipinski definition) is 4. The molecule has 0 bridgehead atoms. The van der Waals surface area contributed by atoms with E-state index >= 15 is 0 Å². The maximum atomic E-state index is 14.5. The van der Waals surface area contributed by atoms with Crippen molar-refractivity contribution in [2.75, 3.05) is 9.80 Å². The number of nitrogens with zero attached hydrogens (tertiary/aromatic N) is 2. The highest BCUT2D eigenvalue weighted by Gasteiger charge is 2.33. The molecule has 0 fully saturated rings. The van der Waals surface area contributed by atoms with Gasteiger partial charge in [-0.25, -0.2) is 0 Å². The molecule has 2 aliphatic rings. The normalized spacial score (nSPS) is 12.9. The lowest BCUT2D eigenvalue weighted by Gasteiger charge is -2.33. The summed E-state index contributed by atoms with van der Waals surface area (Å²) in [5.41, 5.74) is 7.76. The molecule has 2 aliphatic heterocycles. The molecule has 0 amide bonds. The van der Waals surface area contributed by atoms with E-state index in [-0.39, 0.29) is 0 Å². The van der Waals surface area contributed by atoms with Crippen molar-refractivity contribution in [3.63, 3.8) is 0 Å². The van der Waals surface area contributed by atoms with Gasteiger partial charge in [0, 0.05) is 11.4 Å². The highest BCUT2D eigenvalue weighted by atomic mass is 19.4. The summed E-state index contributed by atoms with van der Waals surface area (Å²) in [4.78, 5) is 4.21. The summed E-state index contributed by atoms with van der Waals surface area (Å²) in [6.07, 6.45) is -4.53. The van der Waals surface area contributed by atoms with Crippen molar-refractivity contribution in [3.05, 3.63) is 169 Å². The first kappa shape index (κ1) is 30.6. The Morgan fingerprint density at radius 3 is 1.06 bits per heavy atom. The largest absolute Gasteiger partial charge is 0.453 e. The molecule has 0 radical (unpaired) electrons. The van der Waals surface area contributed by atoms with Gasteiger partial charge in [0.2, 0.25) is 0 Å². The third kappa shape index (κ3) is 5.25. The zero-order valence-corrected chi connectivity index (χ0v) is 27.4. The molecule has 0 spiro atoms. The molecule has 51 heavy (non-hydrogen) atoms. The smallest absolute Gasteiger partial charge is 0.416 e. The van der Waals surface area contributed by atoms with Crippen molar-refractivity contribution in [2.45, 2.75) is 13.1 Å². The van der Waals surface area contributed by atoms with Crippen LogP contribution in [0.2, 0.25) is 0 Å². The van der Waals surface area contributed by atoms with Crippen LogP contribution in [0.15, 0.2) is 158 Å². The van der Waals surface area contributed by atoms with Gasteiger partial charge in [0.05, 0.1) is 28.3 Å². The van der Waals surface area contributed by atoms with Crippen LogP contribution in [0, 0.1) is 6.92 Å². The quantitative estimate of drug-likeness (QED) is 0.185. The molecule has 0 aromatic heterocycles. The number of halogens is 3. The fourth-order valence-electron chi connectivity index (χ4n) is 7.02. The predicted octanol–water partition coefficient (Wildman–Crippen LogP) is 13.5. The maximum Gasteiger partial charge on any atom is 0.416 e. The van der Waals surface area contributed by atoms with Crippen LogP contribution in [0.3, 0.4) is 0 Å². The number of benzene rings is 7. The Bertz CT molecular complexity index is 2190. The third-order valence-electron chi connectivity index (χ3n) is 9.47. The summed E-state index contributed by atoms with van der Waals surface area (Å²) in [6, 6.07) is 49.0. The lowest BCUT2D eigenvalue weighted by Crippen LogP contribution is -2.15. The summed E-state index contributed by atoms with van der Waals surface area (Å²) in [7, 11) is 0. The number of alkyl halides is 3. The Morgan fingerprint density at radius 2 is 0.745 bits per heavy atom. The number of rotatable bonds is 4. The topological polar surface area (TPSA) is 24.9 Å². The minimum Gasteiger partial charge on any atom is -0.453 e. The van der Waals surface area contributed by atoms with Gasteiger partial charge in [0.1, 0.15) is 0 Å². The van der Waals surface area contributed by atoms with Crippen LogP contribution < -0.4 is 19.3 Å². The van der Waals surface area contributed by atoms with E-state index in [0.29, 0.717) is 22.3 Å². The summed E-state index contributed by atoms with van der Waals surface area (Å²) in [5, 5.41) is 0.